The van der Waals surface area contributed by atoms with E-state index in [1.165, 1.54) is 30.5 Å². The van der Waals surface area contributed by atoms with Gasteiger partial charge in [-0.1, -0.05) is 23.7 Å². The summed E-state index contributed by atoms with van der Waals surface area (Å²) >= 11 is 5.93. The van der Waals surface area contributed by atoms with Gasteiger partial charge >= 0.3 is 5.97 Å². The molecule has 0 radical (unpaired) electrons. The van der Waals surface area contributed by atoms with Crippen molar-refractivity contribution in [2.45, 2.75) is 18.0 Å². The van der Waals surface area contributed by atoms with Crippen LogP contribution < -0.4 is 10.3 Å². The molecular weight excluding hydrogens is 482 g/mol. The number of carbonyl (C=O) groups is 1. The van der Waals surface area contributed by atoms with Crippen LogP contribution in [0.5, 0.6) is 0 Å². The number of sulfonamides is 1. The quantitative estimate of drug-likeness (QED) is 0.280. The van der Waals surface area contributed by atoms with Crippen LogP contribution >= 0.6 is 11.6 Å². The maximum atomic E-state index is 12.4. The van der Waals surface area contributed by atoms with E-state index in [0.29, 0.717) is 27.2 Å². The average molecular weight is 500 g/mol. The lowest BCUT2D eigenvalue weighted by atomic mass is 10.2. The van der Waals surface area contributed by atoms with Gasteiger partial charge in [0.1, 0.15) is 18.2 Å². The second-order valence-electron chi connectivity index (χ2n) is 7.09. The maximum absolute atomic E-state index is 12.4. The maximum Gasteiger partial charge on any atom is 0.331 e. The Labute approximate surface area is 199 Å². The number of fused-ring (bicyclic) bond motifs is 1. The Bertz CT molecular complexity index is 1510. The molecular formula is C23H18ClN3O6S. The number of benzene rings is 2. The van der Waals surface area contributed by atoms with E-state index in [9.17, 15) is 18.0 Å². The molecule has 0 saturated carbocycles. The van der Waals surface area contributed by atoms with Crippen molar-refractivity contribution in [1.29, 1.82) is 0 Å². The molecule has 2 aromatic heterocycles. The van der Waals surface area contributed by atoms with Gasteiger partial charge < -0.3 is 14.1 Å². The molecule has 11 heteroatoms. The summed E-state index contributed by atoms with van der Waals surface area (Å²) in [5.74, 6) is 0.0113. The predicted molar refractivity (Wildman–Crippen MR) is 125 cm³/mol. The number of esters is 1. The van der Waals surface area contributed by atoms with E-state index < -0.39 is 16.0 Å². The molecule has 0 saturated heterocycles. The summed E-state index contributed by atoms with van der Waals surface area (Å²) in [5, 5.41) is 0.810. The van der Waals surface area contributed by atoms with Crippen molar-refractivity contribution >= 4 is 44.6 Å². The molecule has 0 aliphatic rings. The van der Waals surface area contributed by atoms with E-state index in [1.54, 1.807) is 42.5 Å². The highest BCUT2D eigenvalue weighted by Crippen LogP contribution is 2.15. The fraction of sp³-hybridized carbons (Fsp3) is 0.0870. The fourth-order valence-corrected chi connectivity index (χ4v) is 4.16. The van der Waals surface area contributed by atoms with Crippen molar-refractivity contribution in [3.63, 3.8) is 0 Å². The number of carbonyl (C=O) groups excluding carboxylic acids is 1. The van der Waals surface area contributed by atoms with Crippen molar-refractivity contribution in [2.75, 3.05) is 0 Å². The van der Waals surface area contributed by atoms with Crippen molar-refractivity contribution in [2.24, 2.45) is 0 Å². The zero-order valence-electron chi connectivity index (χ0n) is 17.5. The number of nitrogens with zero attached hydrogens (tertiary/aromatic N) is 1. The largest absolute Gasteiger partial charge is 0.468 e. The highest BCUT2D eigenvalue weighted by molar-refractivity contribution is 7.89. The van der Waals surface area contributed by atoms with Crippen LogP contribution in [0.3, 0.4) is 0 Å². The Morgan fingerprint density at radius 3 is 2.71 bits per heavy atom. The fourth-order valence-electron chi connectivity index (χ4n) is 3.00. The number of H-pyrrole nitrogens is 1. The van der Waals surface area contributed by atoms with Gasteiger partial charge in [-0.2, -0.15) is 0 Å². The molecule has 0 atom stereocenters. The third-order valence-corrected chi connectivity index (χ3v) is 6.34. The van der Waals surface area contributed by atoms with Crippen LogP contribution in [0.2, 0.25) is 5.02 Å². The third kappa shape index (κ3) is 5.79. The Morgan fingerprint density at radius 2 is 1.97 bits per heavy atom. The standard InChI is InChI=1S/C23H18ClN3O6S/c24-16-6-9-19-20(12-16)26-21(27-23(19)29)14-33-22(28)10-5-15-3-7-18(8-4-15)34(30,31)25-13-17-2-1-11-32-17/h1-12,25H,13-14H2,(H,26,27,29)/b10-5+. The SMILES string of the molecule is O=C(/C=C/c1ccc(S(=O)(=O)NCc2ccco2)cc1)OCc1nc2cc(Cl)ccc2c(=O)[nH]1. The normalized spacial score (nSPS) is 11.8. The van der Waals surface area contributed by atoms with Gasteiger partial charge in [0.25, 0.3) is 5.56 Å². The molecule has 9 nitrogen and oxygen atoms in total. The van der Waals surface area contributed by atoms with Crippen LogP contribution in [0.25, 0.3) is 17.0 Å². The lowest BCUT2D eigenvalue weighted by Crippen LogP contribution is -2.22. The molecule has 0 spiro atoms. The van der Waals surface area contributed by atoms with E-state index in [-0.39, 0.29) is 29.4 Å². The van der Waals surface area contributed by atoms with Gasteiger partial charge in [-0.15, -0.1) is 0 Å². The van der Waals surface area contributed by atoms with Gasteiger partial charge in [-0.3, -0.25) is 4.79 Å². The van der Waals surface area contributed by atoms with Gasteiger partial charge in [-0.25, -0.2) is 22.9 Å². The van der Waals surface area contributed by atoms with Crippen LogP contribution in [-0.4, -0.2) is 24.4 Å². The number of aromatic nitrogens is 2. The van der Waals surface area contributed by atoms with Gasteiger partial charge in [-0.05, 0) is 54.1 Å². The lowest BCUT2D eigenvalue weighted by molar-refractivity contribution is -0.139. The highest BCUT2D eigenvalue weighted by Gasteiger charge is 2.14. The molecule has 34 heavy (non-hydrogen) atoms. The first-order chi connectivity index (χ1) is 16.3. The molecule has 0 amide bonds. The second kappa shape index (κ2) is 10.0. The summed E-state index contributed by atoms with van der Waals surface area (Å²) < 4.78 is 37.4. The number of halogens is 1. The molecule has 2 heterocycles. The van der Waals surface area contributed by atoms with Crippen LogP contribution in [0.15, 0.2) is 81.0 Å². The van der Waals surface area contributed by atoms with E-state index in [4.69, 9.17) is 20.8 Å². The zero-order valence-corrected chi connectivity index (χ0v) is 19.1. The van der Waals surface area contributed by atoms with E-state index in [0.717, 1.165) is 0 Å². The van der Waals surface area contributed by atoms with Crippen molar-refractivity contribution in [1.82, 2.24) is 14.7 Å². The molecule has 2 aromatic carbocycles. The van der Waals surface area contributed by atoms with E-state index >= 15 is 0 Å². The summed E-state index contributed by atoms with van der Waals surface area (Å²) in [4.78, 5) is 31.0. The predicted octanol–water partition coefficient (Wildman–Crippen LogP) is 3.40. The molecule has 4 aromatic rings. The molecule has 2 N–H and O–H groups in total. The third-order valence-electron chi connectivity index (χ3n) is 4.69. The van der Waals surface area contributed by atoms with Crippen LogP contribution in [0.1, 0.15) is 17.1 Å². The molecule has 0 unspecified atom stereocenters. The number of hydrogen-bond acceptors (Lipinski definition) is 7. The van der Waals surface area contributed by atoms with Gasteiger partial charge in [0, 0.05) is 11.1 Å². The molecule has 0 aliphatic heterocycles. The minimum absolute atomic E-state index is 0.0349. The number of hydrogen-bond donors (Lipinski definition) is 2. The van der Waals surface area contributed by atoms with Crippen molar-refractivity contribution in [3.8, 4) is 0 Å². The first-order valence-corrected chi connectivity index (χ1v) is 11.8. The smallest absolute Gasteiger partial charge is 0.331 e. The number of rotatable bonds is 8. The molecule has 4 rings (SSSR count). The summed E-state index contributed by atoms with van der Waals surface area (Å²) in [5.41, 5.74) is 0.622. The van der Waals surface area contributed by atoms with E-state index in [1.807, 2.05) is 0 Å². The topological polar surface area (TPSA) is 131 Å². The first kappa shape index (κ1) is 23.4. The molecule has 0 bridgehead atoms. The number of nitrogens with one attached hydrogen (secondary N) is 2. The highest BCUT2D eigenvalue weighted by atomic mass is 35.5. The second-order valence-corrected chi connectivity index (χ2v) is 9.29. The Kier molecular flexibility index (Phi) is 6.92. The molecule has 0 fully saturated rings. The Balaban J connectivity index is 1.35. The van der Waals surface area contributed by atoms with Crippen molar-refractivity contribution < 1.29 is 22.4 Å². The van der Waals surface area contributed by atoms with Gasteiger partial charge in [0.05, 0.1) is 28.6 Å². The van der Waals surface area contributed by atoms with Gasteiger partial charge in [0.15, 0.2) is 0 Å². The van der Waals surface area contributed by atoms with Crippen molar-refractivity contribution in [3.05, 3.63) is 99.5 Å². The summed E-state index contributed by atoms with van der Waals surface area (Å²) in [6.45, 7) is -0.202. The minimum Gasteiger partial charge on any atom is -0.468 e. The summed E-state index contributed by atoms with van der Waals surface area (Å²) in [6.07, 6.45) is 4.13. The molecule has 174 valence electrons. The monoisotopic (exact) mass is 499 g/mol. The molecule has 0 aliphatic carbocycles. The number of ether oxygens (including phenoxy) is 1. The summed E-state index contributed by atoms with van der Waals surface area (Å²) in [7, 11) is -3.72. The lowest BCUT2D eigenvalue weighted by Gasteiger charge is -2.06. The van der Waals surface area contributed by atoms with E-state index in [2.05, 4.69) is 14.7 Å². The van der Waals surface area contributed by atoms with Crippen LogP contribution in [0, 0.1) is 0 Å². The van der Waals surface area contributed by atoms with Gasteiger partial charge in [0.2, 0.25) is 10.0 Å². The zero-order chi connectivity index (χ0) is 24.1. The van der Waals surface area contributed by atoms with Crippen LogP contribution in [-0.2, 0) is 32.7 Å². The first-order valence-electron chi connectivity index (χ1n) is 9.95. The number of aromatic amines is 1. The average Bonchev–Trinajstić information content (AvgIpc) is 3.34. The number of furan rings is 1. The Hall–Kier alpha value is -3.73. The Morgan fingerprint density at radius 1 is 1.18 bits per heavy atom. The van der Waals surface area contributed by atoms with Crippen LogP contribution in [0.4, 0.5) is 0 Å². The minimum atomic E-state index is -3.72. The summed E-state index contributed by atoms with van der Waals surface area (Å²) in [6, 6.07) is 14.0.